The summed E-state index contributed by atoms with van der Waals surface area (Å²) in [5.41, 5.74) is 0. The highest BCUT2D eigenvalue weighted by Crippen LogP contribution is 2.26. The fourth-order valence-corrected chi connectivity index (χ4v) is 2.24. The lowest BCUT2D eigenvalue weighted by molar-refractivity contribution is -0.139. The van der Waals surface area contributed by atoms with Gasteiger partial charge in [0.1, 0.15) is 6.04 Å². The fraction of sp³-hybridized carbons (Fsp3) is 0.833. The lowest BCUT2D eigenvalue weighted by atomic mass is 10.0. The number of hydrogen-bond acceptors (Lipinski definition) is 2. The molecule has 5 heteroatoms. The molecule has 0 spiro atoms. The minimum absolute atomic E-state index is 0.378. The van der Waals surface area contributed by atoms with Crippen molar-refractivity contribution in [3.63, 3.8) is 0 Å². The molecule has 1 aliphatic rings. The Kier molecular flexibility index (Phi) is 5.80. The number of carbonyl (C=O) groups is 2. The van der Waals surface area contributed by atoms with Crippen LogP contribution in [-0.2, 0) is 4.79 Å². The zero-order valence-corrected chi connectivity index (χ0v) is 10.4. The predicted molar refractivity (Wildman–Crippen MR) is 64.8 cm³/mol. The minimum atomic E-state index is -0.988. The van der Waals surface area contributed by atoms with Gasteiger partial charge in [-0.1, -0.05) is 32.6 Å². The van der Waals surface area contributed by atoms with Gasteiger partial charge < -0.3 is 15.7 Å². The van der Waals surface area contributed by atoms with Crippen molar-refractivity contribution in [2.24, 2.45) is 5.92 Å². The van der Waals surface area contributed by atoms with Gasteiger partial charge in [0.25, 0.3) is 0 Å². The summed E-state index contributed by atoms with van der Waals surface area (Å²) >= 11 is 0. The maximum absolute atomic E-state index is 11.4. The normalized spacial score (nSPS) is 17.7. The summed E-state index contributed by atoms with van der Waals surface area (Å²) in [6, 6.07) is -1.17. The second kappa shape index (κ2) is 7.14. The molecule has 1 rings (SSSR count). The summed E-state index contributed by atoms with van der Waals surface area (Å²) < 4.78 is 0. The number of aliphatic carboxylic acids is 1. The molecule has 17 heavy (non-hydrogen) atoms. The molecule has 5 nitrogen and oxygen atoms in total. The van der Waals surface area contributed by atoms with Crippen LogP contribution in [0.4, 0.5) is 4.79 Å². The van der Waals surface area contributed by atoms with Gasteiger partial charge in [-0.05, 0) is 18.8 Å². The molecule has 0 bridgehead atoms. The molecule has 0 aromatic carbocycles. The van der Waals surface area contributed by atoms with E-state index in [2.05, 4.69) is 10.6 Å². The molecule has 1 fully saturated rings. The number of amides is 2. The van der Waals surface area contributed by atoms with E-state index in [9.17, 15) is 9.59 Å². The number of rotatable bonds is 6. The van der Waals surface area contributed by atoms with E-state index in [4.69, 9.17) is 5.11 Å². The van der Waals surface area contributed by atoms with Crippen LogP contribution in [0.25, 0.3) is 0 Å². The van der Waals surface area contributed by atoms with E-state index in [1.54, 1.807) is 6.92 Å². The van der Waals surface area contributed by atoms with Gasteiger partial charge in [-0.15, -0.1) is 0 Å². The molecular weight excluding hydrogens is 220 g/mol. The monoisotopic (exact) mass is 242 g/mol. The molecule has 3 N–H and O–H groups in total. The molecule has 1 atom stereocenters. The topological polar surface area (TPSA) is 78.4 Å². The Labute approximate surface area is 102 Å². The summed E-state index contributed by atoms with van der Waals surface area (Å²) in [5.74, 6) is -0.254. The van der Waals surface area contributed by atoms with E-state index >= 15 is 0 Å². The Morgan fingerprint density at radius 1 is 1.35 bits per heavy atom. The smallest absolute Gasteiger partial charge is 0.326 e. The molecule has 0 aromatic rings. The van der Waals surface area contributed by atoms with Crippen LogP contribution in [0.3, 0.4) is 0 Å². The standard InChI is InChI=1S/C12H22N2O3/c1-2-10(11(15)16)14-12(17)13-8-7-9-5-3-4-6-9/h9-10H,2-8H2,1H3,(H,15,16)(H2,13,14,17)/t10-/m0/s1. The van der Waals surface area contributed by atoms with E-state index in [-0.39, 0.29) is 6.03 Å². The number of carboxylic acid groups (broad SMARTS) is 1. The first kappa shape index (κ1) is 13.8. The van der Waals surface area contributed by atoms with E-state index in [0.29, 0.717) is 13.0 Å². The van der Waals surface area contributed by atoms with Crippen molar-refractivity contribution in [1.29, 1.82) is 0 Å². The first-order chi connectivity index (χ1) is 8.13. The molecule has 1 saturated carbocycles. The third kappa shape index (κ3) is 5.06. The maximum atomic E-state index is 11.4. The van der Waals surface area contributed by atoms with Crippen LogP contribution in [0.2, 0.25) is 0 Å². The Hall–Kier alpha value is -1.26. The predicted octanol–water partition coefficient (Wildman–Crippen LogP) is 1.73. The number of nitrogens with one attached hydrogen (secondary N) is 2. The maximum Gasteiger partial charge on any atom is 0.326 e. The minimum Gasteiger partial charge on any atom is -0.480 e. The molecule has 98 valence electrons. The van der Waals surface area contributed by atoms with Gasteiger partial charge in [0.05, 0.1) is 0 Å². The summed E-state index contributed by atoms with van der Waals surface area (Å²) in [5, 5.41) is 13.9. The van der Waals surface area contributed by atoms with Gasteiger partial charge in [0, 0.05) is 6.54 Å². The number of urea groups is 1. The van der Waals surface area contributed by atoms with Crippen molar-refractivity contribution in [3.8, 4) is 0 Å². The van der Waals surface area contributed by atoms with Crippen molar-refractivity contribution in [2.45, 2.75) is 51.5 Å². The molecule has 0 unspecified atom stereocenters. The van der Waals surface area contributed by atoms with Crippen LogP contribution in [-0.4, -0.2) is 29.7 Å². The molecule has 0 heterocycles. The Morgan fingerprint density at radius 3 is 2.53 bits per heavy atom. The van der Waals surface area contributed by atoms with Crippen LogP contribution < -0.4 is 10.6 Å². The van der Waals surface area contributed by atoms with Crippen LogP contribution in [0, 0.1) is 5.92 Å². The second-order valence-electron chi connectivity index (χ2n) is 4.64. The average Bonchev–Trinajstić information content (AvgIpc) is 2.78. The van der Waals surface area contributed by atoms with Gasteiger partial charge in [-0.25, -0.2) is 9.59 Å². The number of carbonyl (C=O) groups excluding carboxylic acids is 1. The summed E-state index contributed by atoms with van der Waals surface area (Å²) in [4.78, 5) is 22.1. The van der Waals surface area contributed by atoms with Gasteiger partial charge in [-0.2, -0.15) is 0 Å². The summed E-state index contributed by atoms with van der Waals surface area (Å²) in [7, 11) is 0. The van der Waals surface area contributed by atoms with Crippen molar-refractivity contribution in [1.82, 2.24) is 10.6 Å². The Balaban J connectivity index is 2.13. The largest absolute Gasteiger partial charge is 0.480 e. The quantitative estimate of drug-likeness (QED) is 0.663. The Bertz CT molecular complexity index is 262. The highest BCUT2D eigenvalue weighted by atomic mass is 16.4. The third-order valence-electron chi connectivity index (χ3n) is 3.32. The lowest BCUT2D eigenvalue weighted by Crippen LogP contribution is -2.46. The van der Waals surface area contributed by atoms with Gasteiger partial charge in [0.15, 0.2) is 0 Å². The molecule has 0 saturated heterocycles. The van der Waals surface area contributed by atoms with E-state index in [0.717, 1.165) is 12.3 Å². The molecule has 1 aliphatic carbocycles. The lowest BCUT2D eigenvalue weighted by Gasteiger charge is -2.14. The molecule has 0 aromatic heterocycles. The number of carboxylic acids is 1. The number of hydrogen-bond donors (Lipinski definition) is 3. The van der Waals surface area contributed by atoms with Crippen molar-refractivity contribution in [3.05, 3.63) is 0 Å². The first-order valence-electron chi connectivity index (χ1n) is 6.40. The fourth-order valence-electron chi connectivity index (χ4n) is 2.24. The van der Waals surface area contributed by atoms with Crippen LogP contribution in [0.1, 0.15) is 45.4 Å². The van der Waals surface area contributed by atoms with E-state index in [1.807, 2.05) is 0 Å². The van der Waals surface area contributed by atoms with Crippen molar-refractivity contribution in [2.75, 3.05) is 6.54 Å². The Morgan fingerprint density at radius 2 is 2.00 bits per heavy atom. The summed E-state index contributed by atoms with van der Waals surface area (Å²) in [6.07, 6.45) is 6.51. The van der Waals surface area contributed by atoms with Crippen LogP contribution >= 0.6 is 0 Å². The van der Waals surface area contributed by atoms with Gasteiger partial charge in [0.2, 0.25) is 0 Å². The van der Waals surface area contributed by atoms with Crippen molar-refractivity contribution >= 4 is 12.0 Å². The SMILES string of the molecule is CC[C@H](NC(=O)NCCC1CCCC1)C(=O)O. The van der Waals surface area contributed by atoms with Crippen LogP contribution in [0.5, 0.6) is 0 Å². The molecule has 0 aliphatic heterocycles. The highest BCUT2D eigenvalue weighted by Gasteiger charge is 2.18. The zero-order valence-electron chi connectivity index (χ0n) is 10.4. The highest BCUT2D eigenvalue weighted by molar-refractivity contribution is 5.82. The third-order valence-corrected chi connectivity index (χ3v) is 3.32. The van der Waals surface area contributed by atoms with E-state index in [1.165, 1.54) is 25.7 Å². The molecular formula is C12H22N2O3. The first-order valence-corrected chi connectivity index (χ1v) is 6.40. The van der Waals surface area contributed by atoms with Gasteiger partial charge in [-0.3, -0.25) is 0 Å². The van der Waals surface area contributed by atoms with Crippen molar-refractivity contribution < 1.29 is 14.7 Å². The van der Waals surface area contributed by atoms with Gasteiger partial charge >= 0.3 is 12.0 Å². The molecule has 2 amide bonds. The second-order valence-corrected chi connectivity index (χ2v) is 4.64. The summed E-state index contributed by atoms with van der Waals surface area (Å²) in [6.45, 7) is 2.37. The zero-order chi connectivity index (χ0) is 12.7. The van der Waals surface area contributed by atoms with Crippen LogP contribution in [0.15, 0.2) is 0 Å². The van der Waals surface area contributed by atoms with E-state index < -0.39 is 12.0 Å². The average molecular weight is 242 g/mol. The molecule has 0 radical (unpaired) electrons.